The van der Waals surface area contributed by atoms with Crippen LogP contribution in [0, 0.1) is 23.2 Å². The van der Waals surface area contributed by atoms with E-state index in [-0.39, 0.29) is 35.1 Å². The van der Waals surface area contributed by atoms with E-state index in [1.807, 2.05) is 46.8 Å². The van der Waals surface area contributed by atoms with Crippen LogP contribution in [-0.2, 0) is 16.0 Å². The number of hydrogen-bond acceptors (Lipinski definition) is 5. The Hall–Kier alpha value is -3.59. The molecule has 2 atom stereocenters. The molecule has 0 saturated carbocycles. The minimum atomic E-state index is -0.278. The van der Waals surface area contributed by atoms with Crippen molar-refractivity contribution in [1.29, 1.82) is 5.26 Å². The summed E-state index contributed by atoms with van der Waals surface area (Å²) in [4.78, 5) is 46.4. The van der Waals surface area contributed by atoms with Crippen LogP contribution < -0.4 is 5.32 Å². The summed E-state index contributed by atoms with van der Waals surface area (Å²) in [5.41, 5.74) is 3.16. The van der Waals surface area contributed by atoms with E-state index >= 15 is 0 Å². The van der Waals surface area contributed by atoms with Gasteiger partial charge >= 0.3 is 0 Å². The number of benzene rings is 2. The molecule has 2 unspecified atom stereocenters. The molecule has 0 aliphatic carbocycles. The SMILES string of the molecule is CCC(=O)CCC(C)C(C)=O.CCc1cc(NC(=O)c2cccc(C#N)c2)ccc1C(=O)C(C)CC. The lowest BCUT2D eigenvalue weighted by Gasteiger charge is -2.14. The molecule has 0 aliphatic heterocycles. The molecule has 6 nitrogen and oxygen atoms in total. The summed E-state index contributed by atoms with van der Waals surface area (Å²) in [6.45, 7) is 11.2. The molecule has 0 spiro atoms. The number of Topliss-reactive ketones (excluding diaryl/α,β-unsaturated/α-hetero) is 3. The highest BCUT2D eigenvalue weighted by Crippen LogP contribution is 2.21. The Morgan fingerprint density at radius 3 is 2.22 bits per heavy atom. The monoisotopic (exact) mass is 490 g/mol. The number of aryl methyl sites for hydroxylation is 1. The number of rotatable bonds is 11. The van der Waals surface area contributed by atoms with E-state index in [1.54, 1.807) is 43.3 Å². The zero-order valence-corrected chi connectivity index (χ0v) is 22.3. The molecule has 0 fully saturated rings. The lowest BCUT2D eigenvalue weighted by atomic mass is 9.92. The van der Waals surface area contributed by atoms with Crippen molar-refractivity contribution in [1.82, 2.24) is 0 Å². The van der Waals surface area contributed by atoms with Crippen molar-refractivity contribution in [3.05, 3.63) is 64.7 Å². The highest BCUT2D eigenvalue weighted by Gasteiger charge is 2.17. The molecule has 2 aromatic rings. The number of nitrogens with one attached hydrogen (secondary N) is 1. The van der Waals surface area contributed by atoms with Crippen LogP contribution in [-0.4, -0.2) is 23.3 Å². The average molecular weight is 491 g/mol. The second-order valence-corrected chi connectivity index (χ2v) is 8.99. The summed E-state index contributed by atoms with van der Waals surface area (Å²) >= 11 is 0. The van der Waals surface area contributed by atoms with Crippen LogP contribution in [0.2, 0.25) is 0 Å². The minimum Gasteiger partial charge on any atom is -0.322 e. The van der Waals surface area contributed by atoms with Gasteiger partial charge in [0.1, 0.15) is 11.6 Å². The fourth-order valence-electron chi connectivity index (χ4n) is 3.35. The van der Waals surface area contributed by atoms with Gasteiger partial charge in [0, 0.05) is 41.5 Å². The van der Waals surface area contributed by atoms with Gasteiger partial charge in [0.05, 0.1) is 11.6 Å². The number of carbonyl (C=O) groups excluding carboxylic acids is 4. The van der Waals surface area contributed by atoms with Crippen molar-refractivity contribution in [2.75, 3.05) is 5.32 Å². The first-order valence-corrected chi connectivity index (χ1v) is 12.6. The standard InChI is InChI=1S/C21H22N2O2.C9H16O2/c1-4-14(3)20(24)19-10-9-18(12-16(19)5-2)23-21(25)17-8-6-7-15(11-17)13-22;1-4-9(11)6-5-7(2)8(3)10/h6-12,14H,4-5H2,1-3H3,(H,23,25);7H,4-6H2,1-3H3. The zero-order chi connectivity index (χ0) is 27.3. The number of nitriles is 1. The van der Waals surface area contributed by atoms with Crippen LogP contribution in [0.15, 0.2) is 42.5 Å². The van der Waals surface area contributed by atoms with E-state index in [4.69, 9.17) is 5.26 Å². The molecule has 0 aromatic heterocycles. The second kappa shape index (κ2) is 15.4. The molecule has 0 radical (unpaired) electrons. The van der Waals surface area contributed by atoms with Gasteiger partial charge in [0.2, 0.25) is 0 Å². The van der Waals surface area contributed by atoms with Gasteiger partial charge in [0.25, 0.3) is 5.91 Å². The number of ketones is 3. The molecule has 192 valence electrons. The highest BCUT2D eigenvalue weighted by molar-refractivity contribution is 6.05. The maximum absolute atomic E-state index is 12.5. The van der Waals surface area contributed by atoms with Crippen molar-refractivity contribution >= 4 is 28.9 Å². The Labute approximate surface area is 215 Å². The molecule has 0 saturated heterocycles. The fourth-order valence-corrected chi connectivity index (χ4v) is 3.35. The Bertz CT molecular complexity index is 1110. The van der Waals surface area contributed by atoms with Gasteiger partial charge in [-0.25, -0.2) is 0 Å². The first-order chi connectivity index (χ1) is 17.1. The molecule has 0 heterocycles. The lowest BCUT2D eigenvalue weighted by Crippen LogP contribution is -2.15. The van der Waals surface area contributed by atoms with Gasteiger partial charge in [-0.05, 0) is 68.1 Å². The van der Waals surface area contributed by atoms with Gasteiger partial charge in [-0.3, -0.25) is 19.2 Å². The summed E-state index contributed by atoms with van der Waals surface area (Å²) in [6.07, 6.45) is 3.37. The Balaban J connectivity index is 0.000000497. The molecular formula is C30H38N2O4. The third-order valence-corrected chi connectivity index (χ3v) is 6.27. The van der Waals surface area contributed by atoms with E-state index in [0.29, 0.717) is 42.5 Å². The van der Waals surface area contributed by atoms with E-state index in [9.17, 15) is 19.2 Å². The molecule has 0 bridgehead atoms. The van der Waals surface area contributed by atoms with Gasteiger partial charge in [0.15, 0.2) is 5.78 Å². The van der Waals surface area contributed by atoms with Gasteiger partial charge in [-0.1, -0.05) is 40.7 Å². The quantitative estimate of drug-likeness (QED) is 0.359. The molecular weight excluding hydrogens is 452 g/mol. The first-order valence-electron chi connectivity index (χ1n) is 12.6. The summed E-state index contributed by atoms with van der Waals surface area (Å²) in [7, 11) is 0. The largest absolute Gasteiger partial charge is 0.322 e. The van der Waals surface area contributed by atoms with E-state index < -0.39 is 0 Å². The summed E-state index contributed by atoms with van der Waals surface area (Å²) in [5.74, 6) is 0.316. The fraction of sp³-hybridized carbons (Fsp3) is 0.433. The Morgan fingerprint density at radius 2 is 1.67 bits per heavy atom. The van der Waals surface area contributed by atoms with Crippen LogP contribution in [0.25, 0.3) is 0 Å². The number of amides is 1. The molecule has 1 N–H and O–H groups in total. The molecule has 2 aromatic carbocycles. The van der Waals surface area contributed by atoms with Crippen molar-refractivity contribution in [3.63, 3.8) is 0 Å². The lowest BCUT2D eigenvalue weighted by molar-refractivity contribution is -0.121. The van der Waals surface area contributed by atoms with Crippen LogP contribution >= 0.6 is 0 Å². The maximum atomic E-state index is 12.5. The van der Waals surface area contributed by atoms with E-state index in [0.717, 1.165) is 17.5 Å². The minimum absolute atomic E-state index is 0.0144. The Morgan fingerprint density at radius 1 is 0.972 bits per heavy atom. The van der Waals surface area contributed by atoms with E-state index in [2.05, 4.69) is 5.32 Å². The van der Waals surface area contributed by atoms with Crippen molar-refractivity contribution in [2.45, 2.75) is 73.6 Å². The number of hydrogen-bond donors (Lipinski definition) is 1. The maximum Gasteiger partial charge on any atom is 0.255 e. The summed E-state index contributed by atoms with van der Waals surface area (Å²) < 4.78 is 0. The number of nitrogens with zero attached hydrogens (tertiary/aromatic N) is 1. The van der Waals surface area contributed by atoms with Gasteiger partial charge in [-0.15, -0.1) is 0 Å². The van der Waals surface area contributed by atoms with Crippen LogP contribution in [0.3, 0.4) is 0 Å². The van der Waals surface area contributed by atoms with Crippen LogP contribution in [0.5, 0.6) is 0 Å². The molecule has 6 heteroatoms. The predicted molar refractivity (Wildman–Crippen MR) is 143 cm³/mol. The second-order valence-electron chi connectivity index (χ2n) is 8.99. The number of anilines is 1. The zero-order valence-electron chi connectivity index (χ0n) is 22.3. The molecule has 36 heavy (non-hydrogen) atoms. The molecule has 0 aliphatic rings. The normalized spacial score (nSPS) is 11.8. The van der Waals surface area contributed by atoms with Crippen LogP contribution in [0.4, 0.5) is 5.69 Å². The first kappa shape index (κ1) is 30.4. The van der Waals surface area contributed by atoms with Gasteiger partial charge < -0.3 is 5.32 Å². The summed E-state index contributed by atoms with van der Waals surface area (Å²) in [5, 5.41) is 11.8. The van der Waals surface area contributed by atoms with Crippen molar-refractivity contribution in [2.24, 2.45) is 11.8 Å². The topological polar surface area (TPSA) is 104 Å². The molecule has 1 amide bonds. The van der Waals surface area contributed by atoms with E-state index in [1.165, 1.54) is 0 Å². The number of carbonyl (C=O) groups is 4. The smallest absolute Gasteiger partial charge is 0.255 e. The van der Waals surface area contributed by atoms with Crippen LogP contribution in [0.1, 0.15) is 99.1 Å². The average Bonchev–Trinajstić information content (AvgIpc) is 2.90. The van der Waals surface area contributed by atoms with Crippen molar-refractivity contribution in [3.8, 4) is 6.07 Å². The highest BCUT2D eigenvalue weighted by atomic mass is 16.2. The third-order valence-electron chi connectivity index (χ3n) is 6.27. The summed E-state index contributed by atoms with van der Waals surface area (Å²) in [6, 6.07) is 14.0. The predicted octanol–water partition coefficient (Wildman–Crippen LogP) is 6.57. The van der Waals surface area contributed by atoms with Gasteiger partial charge in [-0.2, -0.15) is 5.26 Å². The Kier molecular flexibility index (Phi) is 13.0. The third kappa shape index (κ3) is 9.58. The molecule has 2 rings (SSSR count). The van der Waals surface area contributed by atoms with Crippen molar-refractivity contribution < 1.29 is 19.2 Å².